The van der Waals surface area contributed by atoms with E-state index in [1.54, 1.807) is 0 Å². The number of carbonyl (C=O) groups excluding carboxylic acids is 3. The van der Waals surface area contributed by atoms with E-state index >= 15 is 0 Å². The zero-order valence-electron chi connectivity index (χ0n) is 16.1. The van der Waals surface area contributed by atoms with E-state index in [9.17, 15) is 24.6 Å². The number of aliphatic hydroxyl groups excluding tert-OH is 4. The molecular formula is C17H22I3N3O7. The lowest BCUT2D eigenvalue weighted by Gasteiger charge is -2.25. The molecule has 0 fully saturated rings. The Morgan fingerprint density at radius 2 is 1.10 bits per heavy atom. The van der Waals surface area contributed by atoms with Crippen molar-refractivity contribution in [3.8, 4) is 0 Å². The van der Waals surface area contributed by atoms with Crippen molar-refractivity contribution in [1.29, 1.82) is 0 Å². The molecule has 2 unspecified atom stereocenters. The van der Waals surface area contributed by atoms with Crippen LogP contribution >= 0.6 is 67.8 Å². The Labute approximate surface area is 214 Å². The summed E-state index contributed by atoms with van der Waals surface area (Å²) in [4.78, 5) is 40.6. The van der Waals surface area contributed by atoms with Crippen LogP contribution in [0.4, 0.5) is 0 Å². The number of rotatable bonds is 9. The Morgan fingerprint density at radius 3 is 1.37 bits per heavy atom. The lowest BCUT2D eigenvalue weighted by atomic mass is 10.0. The van der Waals surface area contributed by atoms with Crippen molar-refractivity contribution in [3.05, 3.63) is 27.4 Å². The number of hydrogen-bond acceptors (Lipinski definition) is 7. The lowest BCUT2D eigenvalue weighted by molar-refractivity contribution is 0.0514. The molecule has 1 rings (SSSR count). The second kappa shape index (κ2) is 12.0. The second-order valence-corrected chi connectivity index (χ2v) is 9.71. The Hall–Kier alpha value is -0.340. The van der Waals surface area contributed by atoms with E-state index in [1.807, 2.05) is 67.8 Å². The molecular weight excluding hydrogens is 739 g/mol. The lowest BCUT2D eigenvalue weighted by Crippen LogP contribution is -2.39. The first-order chi connectivity index (χ1) is 13.9. The van der Waals surface area contributed by atoms with Gasteiger partial charge < -0.3 is 36.0 Å². The standard InChI is InChI=1S/C17H22I3N3O7/c1-22(3-7(26)5-24)16(29)10-12(18)9(15(21)28)13(19)11(14(10)20)17(30)23(2)4-8(27)6-25/h7-8,24-27H,3-6H2,1-2H3,(H2,21,28). The summed E-state index contributed by atoms with van der Waals surface area (Å²) in [6, 6.07) is 0. The van der Waals surface area contributed by atoms with Crippen LogP contribution in [0, 0.1) is 10.7 Å². The predicted molar refractivity (Wildman–Crippen MR) is 133 cm³/mol. The third-order valence-electron chi connectivity index (χ3n) is 4.08. The molecule has 0 aliphatic heterocycles. The number of nitrogens with zero attached hydrogens (tertiary/aromatic N) is 2. The van der Waals surface area contributed by atoms with Gasteiger partial charge in [-0.05, 0) is 67.8 Å². The summed E-state index contributed by atoms with van der Waals surface area (Å²) in [6.45, 7) is -1.39. The molecule has 0 aliphatic rings. The van der Waals surface area contributed by atoms with Gasteiger partial charge >= 0.3 is 0 Å². The highest BCUT2D eigenvalue weighted by molar-refractivity contribution is 14.1. The number of carbonyl (C=O) groups is 3. The molecule has 0 saturated heterocycles. The van der Waals surface area contributed by atoms with Crippen LogP contribution in [0.3, 0.4) is 0 Å². The molecule has 30 heavy (non-hydrogen) atoms. The maximum absolute atomic E-state index is 13.1. The van der Waals surface area contributed by atoms with Crippen molar-refractivity contribution in [1.82, 2.24) is 9.80 Å². The average Bonchev–Trinajstić information content (AvgIpc) is 2.66. The van der Waals surface area contributed by atoms with E-state index in [-0.39, 0.29) is 40.5 Å². The second-order valence-electron chi connectivity index (χ2n) is 6.48. The fourth-order valence-corrected chi connectivity index (χ4v) is 7.17. The SMILES string of the molecule is CN(CC(O)CO)C(=O)c1c(I)c(C(N)=O)c(I)c(C(=O)N(C)CC(O)CO)c1I. The molecule has 3 amide bonds. The zero-order valence-corrected chi connectivity index (χ0v) is 22.6. The van der Waals surface area contributed by atoms with Crippen LogP contribution in [0.15, 0.2) is 0 Å². The predicted octanol–water partition coefficient (Wildman–Crippen LogP) is -0.550. The molecule has 2 atom stereocenters. The van der Waals surface area contributed by atoms with E-state index in [1.165, 1.54) is 23.9 Å². The van der Waals surface area contributed by atoms with E-state index in [0.29, 0.717) is 0 Å². The van der Waals surface area contributed by atoms with E-state index in [2.05, 4.69) is 0 Å². The highest BCUT2D eigenvalue weighted by Gasteiger charge is 2.32. The van der Waals surface area contributed by atoms with E-state index in [0.717, 1.165) is 0 Å². The van der Waals surface area contributed by atoms with Crippen LogP contribution in [0.2, 0.25) is 0 Å². The van der Waals surface area contributed by atoms with Crippen LogP contribution in [0.5, 0.6) is 0 Å². The summed E-state index contributed by atoms with van der Waals surface area (Å²) in [5.74, 6) is -1.95. The van der Waals surface area contributed by atoms with Crippen molar-refractivity contribution in [2.45, 2.75) is 12.2 Å². The van der Waals surface area contributed by atoms with Gasteiger partial charge in [-0.2, -0.15) is 0 Å². The minimum atomic E-state index is -1.15. The van der Waals surface area contributed by atoms with Gasteiger partial charge in [0.15, 0.2) is 0 Å². The molecule has 13 heteroatoms. The van der Waals surface area contributed by atoms with Gasteiger partial charge in [0.05, 0.1) is 42.1 Å². The monoisotopic (exact) mass is 761 g/mol. The summed E-state index contributed by atoms with van der Waals surface area (Å²) >= 11 is 5.46. The molecule has 1 aromatic rings. The normalized spacial score (nSPS) is 13.0. The molecule has 0 saturated carbocycles. The van der Waals surface area contributed by atoms with Crippen LogP contribution in [-0.4, -0.2) is 101 Å². The molecule has 0 aliphatic carbocycles. The van der Waals surface area contributed by atoms with Gasteiger partial charge in [0, 0.05) is 37.9 Å². The number of nitrogens with two attached hydrogens (primary N) is 1. The third-order valence-corrected chi connectivity index (χ3v) is 7.31. The minimum Gasteiger partial charge on any atom is -0.394 e. The molecule has 0 radical (unpaired) electrons. The maximum Gasteiger partial charge on any atom is 0.255 e. The average molecular weight is 761 g/mol. The van der Waals surface area contributed by atoms with Gasteiger partial charge in [-0.15, -0.1) is 0 Å². The number of amides is 3. The largest absolute Gasteiger partial charge is 0.394 e. The number of aliphatic hydroxyl groups is 4. The topological polar surface area (TPSA) is 165 Å². The summed E-state index contributed by atoms with van der Waals surface area (Å²) < 4.78 is 0.801. The van der Waals surface area contributed by atoms with E-state index < -0.39 is 43.1 Å². The van der Waals surface area contributed by atoms with Gasteiger partial charge in [-0.25, -0.2) is 0 Å². The Bertz CT molecular complexity index is 780. The summed E-state index contributed by atoms with van der Waals surface area (Å²) in [7, 11) is 2.83. The van der Waals surface area contributed by atoms with E-state index in [4.69, 9.17) is 15.9 Å². The third kappa shape index (κ3) is 6.35. The first-order valence-corrected chi connectivity index (χ1v) is 11.7. The van der Waals surface area contributed by atoms with Crippen LogP contribution in [0.1, 0.15) is 31.1 Å². The molecule has 0 spiro atoms. The molecule has 10 nitrogen and oxygen atoms in total. The molecule has 6 N–H and O–H groups in total. The number of likely N-dealkylation sites (N-methyl/N-ethyl adjacent to an activating group) is 2. The van der Waals surface area contributed by atoms with Crippen molar-refractivity contribution < 1.29 is 34.8 Å². The smallest absolute Gasteiger partial charge is 0.255 e. The van der Waals surface area contributed by atoms with Gasteiger partial charge in [-0.3, -0.25) is 14.4 Å². The van der Waals surface area contributed by atoms with Crippen molar-refractivity contribution in [2.75, 3.05) is 40.4 Å². The number of primary amides is 1. The Balaban J connectivity index is 3.63. The molecule has 1 aromatic carbocycles. The van der Waals surface area contributed by atoms with Gasteiger partial charge in [-0.1, -0.05) is 0 Å². The van der Waals surface area contributed by atoms with Crippen LogP contribution in [0.25, 0.3) is 0 Å². The van der Waals surface area contributed by atoms with Crippen LogP contribution in [-0.2, 0) is 0 Å². The summed E-state index contributed by atoms with van der Waals surface area (Å²) in [5, 5.41) is 37.3. The highest BCUT2D eigenvalue weighted by atomic mass is 127. The summed E-state index contributed by atoms with van der Waals surface area (Å²) in [6.07, 6.45) is -2.30. The van der Waals surface area contributed by atoms with Crippen molar-refractivity contribution in [3.63, 3.8) is 0 Å². The fourth-order valence-electron chi connectivity index (χ4n) is 2.55. The summed E-state index contributed by atoms with van der Waals surface area (Å²) in [5.41, 5.74) is 5.66. The molecule has 168 valence electrons. The Morgan fingerprint density at radius 1 is 0.800 bits per heavy atom. The highest BCUT2D eigenvalue weighted by Crippen LogP contribution is 2.33. The maximum atomic E-state index is 13.1. The molecule has 0 aromatic heterocycles. The van der Waals surface area contributed by atoms with Gasteiger partial charge in [0.1, 0.15) is 0 Å². The fraction of sp³-hybridized carbons (Fsp3) is 0.471. The number of halogens is 3. The zero-order chi connectivity index (χ0) is 23.3. The van der Waals surface area contributed by atoms with Gasteiger partial charge in [0.25, 0.3) is 17.7 Å². The first kappa shape index (κ1) is 27.7. The number of hydrogen-bond donors (Lipinski definition) is 5. The van der Waals surface area contributed by atoms with Crippen molar-refractivity contribution >= 4 is 85.5 Å². The first-order valence-electron chi connectivity index (χ1n) is 8.47. The molecule has 0 heterocycles. The molecule has 0 bridgehead atoms. The van der Waals surface area contributed by atoms with Gasteiger partial charge in [0.2, 0.25) is 0 Å². The number of benzene rings is 1. The van der Waals surface area contributed by atoms with Crippen molar-refractivity contribution in [2.24, 2.45) is 5.73 Å². The Kier molecular flexibility index (Phi) is 11.1. The van der Waals surface area contributed by atoms with Crippen LogP contribution < -0.4 is 5.73 Å². The minimum absolute atomic E-state index is 0.00975. The quantitative estimate of drug-likeness (QED) is 0.211.